The van der Waals surface area contributed by atoms with Gasteiger partial charge in [0, 0.05) is 43.0 Å². The molecule has 1 amide bonds. The lowest BCUT2D eigenvalue weighted by molar-refractivity contribution is 0.0257. The van der Waals surface area contributed by atoms with Gasteiger partial charge in [0.05, 0.1) is 24.1 Å². The van der Waals surface area contributed by atoms with Gasteiger partial charge in [0.15, 0.2) is 5.82 Å². The van der Waals surface area contributed by atoms with E-state index < -0.39 is 18.4 Å². The molecule has 1 aliphatic heterocycles. The second-order valence-corrected chi connectivity index (χ2v) is 7.50. The Bertz CT molecular complexity index is 1040. The normalized spacial score (nSPS) is 15.6. The zero-order valence-corrected chi connectivity index (χ0v) is 16.6. The number of hydrogen-bond donors (Lipinski definition) is 1. The summed E-state index contributed by atoms with van der Waals surface area (Å²) in [5.74, 6) is -1.73. The van der Waals surface area contributed by atoms with Crippen LogP contribution in [0.1, 0.15) is 42.4 Å². The van der Waals surface area contributed by atoms with Gasteiger partial charge >= 0.3 is 0 Å². The summed E-state index contributed by atoms with van der Waals surface area (Å²) < 4.78 is 33.1. The second-order valence-electron chi connectivity index (χ2n) is 7.50. The first kappa shape index (κ1) is 19.9. The number of furan rings is 1. The highest BCUT2D eigenvalue weighted by atomic mass is 19.3. The number of carbonyl (C=O) groups excluding carboxylic acids is 1. The van der Waals surface area contributed by atoms with Gasteiger partial charge in [-0.15, -0.1) is 0 Å². The molecule has 1 fully saturated rings. The van der Waals surface area contributed by atoms with Crippen molar-refractivity contribution in [1.29, 1.82) is 0 Å². The Kier molecular flexibility index (Phi) is 5.19. The lowest BCUT2D eigenvalue weighted by Crippen LogP contribution is -2.27. The average molecular weight is 413 g/mol. The molecule has 4 rings (SSSR count). The second kappa shape index (κ2) is 7.81. The summed E-state index contributed by atoms with van der Waals surface area (Å²) in [6.07, 6.45) is 5.65. The highest BCUT2D eigenvalue weighted by Gasteiger charge is 2.40. The average Bonchev–Trinajstić information content (AvgIpc) is 3.37. The summed E-state index contributed by atoms with van der Waals surface area (Å²) in [4.78, 5) is 27.1. The van der Waals surface area contributed by atoms with Crippen molar-refractivity contribution in [2.75, 3.05) is 23.3 Å². The maximum absolute atomic E-state index is 13.8. The number of hydrogen-bond acceptors (Lipinski definition) is 6. The smallest absolute Gasteiger partial charge is 0.266 e. The first-order valence-corrected chi connectivity index (χ1v) is 9.63. The van der Waals surface area contributed by atoms with Crippen LogP contribution in [0, 0.1) is 0 Å². The van der Waals surface area contributed by atoms with Crippen molar-refractivity contribution in [2.45, 2.75) is 32.1 Å². The predicted molar refractivity (Wildman–Crippen MR) is 108 cm³/mol. The van der Waals surface area contributed by atoms with E-state index in [4.69, 9.17) is 4.42 Å². The summed E-state index contributed by atoms with van der Waals surface area (Å²) in [5, 5.41) is 2.81. The maximum atomic E-state index is 13.8. The van der Waals surface area contributed by atoms with Crippen molar-refractivity contribution in [1.82, 2.24) is 15.0 Å². The predicted octanol–water partition coefficient (Wildman–Crippen LogP) is 4.35. The Balaban J connectivity index is 1.70. The van der Waals surface area contributed by atoms with Crippen molar-refractivity contribution in [3.8, 4) is 11.3 Å². The van der Waals surface area contributed by atoms with Crippen LogP contribution in [0.25, 0.3) is 11.3 Å². The molecule has 3 aromatic heterocycles. The van der Waals surface area contributed by atoms with E-state index in [2.05, 4.69) is 20.3 Å². The fraction of sp³-hybridized carbons (Fsp3) is 0.333. The minimum Gasteiger partial charge on any atom is -0.464 e. The minimum absolute atomic E-state index is 0.134. The van der Waals surface area contributed by atoms with Gasteiger partial charge in [0.2, 0.25) is 0 Å². The molecule has 0 aliphatic carbocycles. The number of amides is 1. The van der Waals surface area contributed by atoms with Crippen LogP contribution in [-0.2, 0) is 0 Å². The standard InChI is InChI=1S/C21H21F2N5O2/c1-13(2)18-25-10-14(11-26-18)20(29)27-17-15(16-4-3-9-30-16)5-7-24-19(17)28-8-6-21(22,23)12-28/h3-5,7,9-11,13H,6,8,12H2,1-2H3,(H,27,29). The molecule has 1 saturated heterocycles. The van der Waals surface area contributed by atoms with E-state index in [1.807, 2.05) is 13.8 Å². The van der Waals surface area contributed by atoms with E-state index in [1.54, 1.807) is 18.2 Å². The van der Waals surface area contributed by atoms with Gasteiger partial charge in [-0.05, 0) is 18.2 Å². The molecule has 0 bridgehead atoms. The summed E-state index contributed by atoms with van der Waals surface area (Å²) >= 11 is 0. The number of anilines is 2. The number of rotatable bonds is 5. The topological polar surface area (TPSA) is 84.2 Å². The Labute approximate surface area is 172 Å². The molecular formula is C21H21F2N5O2. The SMILES string of the molecule is CC(C)c1ncc(C(=O)Nc2c(-c3ccco3)ccnc2N2CCC(F)(F)C2)cn1. The summed E-state index contributed by atoms with van der Waals surface area (Å²) in [6, 6.07) is 5.11. The molecule has 1 N–H and O–H groups in total. The molecule has 30 heavy (non-hydrogen) atoms. The molecule has 156 valence electrons. The van der Waals surface area contributed by atoms with E-state index in [0.29, 0.717) is 22.8 Å². The molecule has 0 spiro atoms. The highest BCUT2D eigenvalue weighted by molar-refractivity contribution is 6.07. The molecule has 9 heteroatoms. The van der Waals surface area contributed by atoms with E-state index in [0.717, 1.165) is 0 Å². The maximum Gasteiger partial charge on any atom is 0.266 e. The van der Waals surface area contributed by atoms with Crippen molar-refractivity contribution < 1.29 is 18.0 Å². The van der Waals surface area contributed by atoms with Gasteiger partial charge < -0.3 is 14.6 Å². The first-order chi connectivity index (χ1) is 14.3. The lowest BCUT2D eigenvalue weighted by atomic mass is 10.1. The Morgan fingerprint density at radius 3 is 2.60 bits per heavy atom. The van der Waals surface area contributed by atoms with Crippen molar-refractivity contribution >= 4 is 17.4 Å². The van der Waals surface area contributed by atoms with Crippen molar-refractivity contribution in [3.63, 3.8) is 0 Å². The molecule has 0 unspecified atom stereocenters. The fourth-order valence-electron chi connectivity index (χ4n) is 3.31. The third-order valence-corrected chi connectivity index (χ3v) is 4.88. The molecule has 1 aliphatic rings. The van der Waals surface area contributed by atoms with Crippen LogP contribution >= 0.6 is 0 Å². The minimum atomic E-state index is -2.80. The van der Waals surface area contributed by atoms with Crippen LogP contribution in [-0.4, -0.2) is 39.9 Å². The van der Waals surface area contributed by atoms with Crippen LogP contribution in [0.2, 0.25) is 0 Å². The summed E-state index contributed by atoms with van der Waals surface area (Å²) in [7, 11) is 0. The number of nitrogens with zero attached hydrogens (tertiary/aromatic N) is 4. The molecule has 7 nitrogen and oxygen atoms in total. The van der Waals surface area contributed by atoms with Crippen LogP contribution in [0.4, 0.5) is 20.3 Å². The third kappa shape index (κ3) is 4.00. The number of alkyl halides is 2. The molecule has 0 radical (unpaired) electrons. The van der Waals surface area contributed by atoms with Gasteiger partial charge in [-0.1, -0.05) is 13.8 Å². The summed E-state index contributed by atoms with van der Waals surface area (Å²) in [5.41, 5.74) is 1.11. The van der Waals surface area contributed by atoms with Gasteiger partial charge in [-0.2, -0.15) is 0 Å². The molecule has 0 saturated carbocycles. The summed E-state index contributed by atoms with van der Waals surface area (Å²) in [6.45, 7) is 3.59. The van der Waals surface area contributed by atoms with E-state index in [-0.39, 0.29) is 30.3 Å². The van der Waals surface area contributed by atoms with E-state index in [9.17, 15) is 13.6 Å². The molecule has 0 atom stereocenters. The first-order valence-electron chi connectivity index (χ1n) is 9.63. The lowest BCUT2D eigenvalue weighted by Gasteiger charge is -2.22. The Morgan fingerprint density at radius 1 is 1.23 bits per heavy atom. The largest absolute Gasteiger partial charge is 0.464 e. The van der Waals surface area contributed by atoms with E-state index >= 15 is 0 Å². The molecular weight excluding hydrogens is 392 g/mol. The molecule has 3 aromatic rings. The van der Waals surface area contributed by atoms with Crippen molar-refractivity contribution in [3.05, 3.63) is 54.4 Å². The number of aromatic nitrogens is 3. The van der Waals surface area contributed by atoms with Gasteiger partial charge in [-0.25, -0.2) is 23.7 Å². The van der Waals surface area contributed by atoms with Crippen molar-refractivity contribution in [2.24, 2.45) is 0 Å². The quantitative estimate of drug-likeness (QED) is 0.669. The fourth-order valence-corrected chi connectivity index (χ4v) is 3.31. The number of pyridine rings is 1. The van der Waals surface area contributed by atoms with Crippen LogP contribution < -0.4 is 10.2 Å². The van der Waals surface area contributed by atoms with Crippen LogP contribution in [0.5, 0.6) is 0 Å². The number of nitrogens with one attached hydrogen (secondary N) is 1. The number of carbonyl (C=O) groups is 1. The van der Waals surface area contributed by atoms with Gasteiger partial charge in [-0.3, -0.25) is 4.79 Å². The van der Waals surface area contributed by atoms with Crippen LogP contribution in [0.3, 0.4) is 0 Å². The van der Waals surface area contributed by atoms with Gasteiger partial charge in [0.25, 0.3) is 11.8 Å². The van der Waals surface area contributed by atoms with Crippen LogP contribution in [0.15, 0.2) is 47.5 Å². The van der Waals surface area contributed by atoms with E-state index in [1.165, 1.54) is 29.8 Å². The zero-order chi connectivity index (χ0) is 21.3. The Morgan fingerprint density at radius 2 is 2.00 bits per heavy atom. The monoisotopic (exact) mass is 413 g/mol. The molecule has 0 aromatic carbocycles. The molecule has 4 heterocycles. The highest BCUT2D eigenvalue weighted by Crippen LogP contribution is 2.39. The number of halogens is 2. The zero-order valence-electron chi connectivity index (χ0n) is 16.6. The Hall–Kier alpha value is -3.36. The van der Waals surface area contributed by atoms with Gasteiger partial charge in [0.1, 0.15) is 11.6 Å². The third-order valence-electron chi connectivity index (χ3n) is 4.88.